The fourth-order valence-corrected chi connectivity index (χ4v) is 3.78. The molecule has 0 aliphatic carbocycles. The number of methoxy groups -OCH3 is 1. The van der Waals surface area contributed by atoms with E-state index in [2.05, 4.69) is 31.2 Å². The summed E-state index contributed by atoms with van der Waals surface area (Å²) in [7, 11) is 1.53. The van der Waals surface area contributed by atoms with Gasteiger partial charge in [-0.1, -0.05) is 45.0 Å². The van der Waals surface area contributed by atoms with Gasteiger partial charge in [0.1, 0.15) is 17.2 Å². The maximum absolute atomic E-state index is 12.5. The second-order valence-corrected chi connectivity index (χ2v) is 9.78. The largest absolute Gasteiger partial charge is 0.495 e. The highest BCUT2D eigenvalue weighted by atomic mass is 16.5. The first-order valence-corrected chi connectivity index (χ1v) is 12.2. The number of hydrogen-bond acceptors (Lipinski definition) is 6. The number of esters is 1. The number of benzene rings is 2. The van der Waals surface area contributed by atoms with E-state index >= 15 is 0 Å². The molecule has 0 saturated heterocycles. The van der Waals surface area contributed by atoms with Gasteiger partial charge in [-0.05, 0) is 60.4 Å². The lowest BCUT2D eigenvalue weighted by atomic mass is 9.87. The number of ether oxygens (including phenoxy) is 2. The monoisotopic (exact) mass is 513 g/mol. The van der Waals surface area contributed by atoms with Gasteiger partial charge in [0.2, 0.25) is 0 Å². The Morgan fingerprint density at radius 3 is 2.50 bits per heavy atom. The second kappa shape index (κ2) is 11.2. The van der Waals surface area contributed by atoms with E-state index in [1.165, 1.54) is 13.2 Å². The van der Waals surface area contributed by atoms with E-state index in [0.29, 0.717) is 28.5 Å². The molecule has 8 nitrogen and oxygen atoms in total. The van der Waals surface area contributed by atoms with Gasteiger partial charge in [-0.3, -0.25) is 4.79 Å². The molecule has 0 fully saturated rings. The summed E-state index contributed by atoms with van der Waals surface area (Å²) in [5, 5.41) is 7.41. The number of aromatic nitrogens is 2. The number of nitrogens with one attached hydrogen (secondary N) is 1. The summed E-state index contributed by atoms with van der Waals surface area (Å²) in [6.07, 6.45) is 4.66. The van der Waals surface area contributed by atoms with Crippen molar-refractivity contribution in [1.29, 1.82) is 0 Å². The highest BCUT2D eigenvalue weighted by Crippen LogP contribution is 2.31. The highest BCUT2D eigenvalue weighted by molar-refractivity contribution is 5.96. The predicted octanol–water partition coefficient (Wildman–Crippen LogP) is 5.94. The average molecular weight is 514 g/mol. The van der Waals surface area contributed by atoms with Crippen LogP contribution in [0.25, 0.3) is 23.2 Å². The lowest BCUT2D eigenvalue weighted by Gasteiger charge is -2.21. The zero-order chi connectivity index (χ0) is 27.3. The molecule has 4 rings (SSSR count). The van der Waals surface area contributed by atoms with Crippen molar-refractivity contribution in [3.8, 4) is 22.9 Å². The van der Waals surface area contributed by atoms with Crippen LogP contribution in [0, 0.1) is 6.92 Å². The van der Waals surface area contributed by atoms with Crippen LogP contribution < -0.4 is 10.1 Å². The molecule has 4 aromatic rings. The molecule has 1 N–H and O–H groups in total. The zero-order valence-electron chi connectivity index (χ0n) is 22.1. The molecule has 2 aromatic heterocycles. The van der Waals surface area contributed by atoms with Gasteiger partial charge >= 0.3 is 5.97 Å². The number of furan rings is 1. The van der Waals surface area contributed by atoms with E-state index in [-0.39, 0.29) is 5.41 Å². The van der Waals surface area contributed by atoms with Crippen molar-refractivity contribution in [3.63, 3.8) is 0 Å². The van der Waals surface area contributed by atoms with Crippen LogP contribution in [0.4, 0.5) is 5.69 Å². The minimum absolute atomic E-state index is 0.107. The Kier molecular flexibility index (Phi) is 7.81. The maximum Gasteiger partial charge on any atom is 0.331 e. The maximum atomic E-state index is 12.5. The van der Waals surface area contributed by atoms with E-state index in [1.54, 1.807) is 23.0 Å². The average Bonchev–Trinajstić information content (AvgIpc) is 3.52. The minimum atomic E-state index is -0.662. The molecule has 2 heterocycles. The molecule has 196 valence electrons. The summed E-state index contributed by atoms with van der Waals surface area (Å²) in [6.45, 7) is 7.65. The summed E-state index contributed by atoms with van der Waals surface area (Å²) >= 11 is 0. The van der Waals surface area contributed by atoms with E-state index < -0.39 is 18.5 Å². The minimum Gasteiger partial charge on any atom is -0.495 e. The van der Waals surface area contributed by atoms with E-state index in [1.807, 2.05) is 61.5 Å². The number of carbonyl (C=O) groups excluding carboxylic acids is 2. The molecule has 2 aromatic carbocycles. The molecule has 0 saturated carbocycles. The Morgan fingerprint density at radius 1 is 1.08 bits per heavy atom. The Morgan fingerprint density at radius 2 is 1.84 bits per heavy atom. The molecule has 0 unspecified atom stereocenters. The van der Waals surface area contributed by atoms with Gasteiger partial charge in [0, 0.05) is 17.8 Å². The highest BCUT2D eigenvalue weighted by Gasteiger charge is 2.18. The van der Waals surface area contributed by atoms with Crippen LogP contribution in [0.5, 0.6) is 5.75 Å². The Hall–Kier alpha value is -4.59. The van der Waals surface area contributed by atoms with Crippen molar-refractivity contribution in [2.75, 3.05) is 19.0 Å². The van der Waals surface area contributed by atoms with Crippen LogP contribution in [0.2, 0.25) is 0 Å². The number of anilines is 1. The zero-order valence-corrected chi connectivity index (χ0v) is 22.1. The third kappa shape index (κ3) is 6.39. The van der Waals surface area contributed by atoms with Crippen molar-refractivity contribution >= 4 is 23.6 Å². The summed E-state index contributed by atoms with van der Waals surface area (Å²) in [6, 6.07) is 18.9. The van der Waals surface area contributed by atoms with Crippen LogP contribution in [-0.4, -0.2) is 35.4 Å². The van der Waals surface area contributed by atoms with Gasteiger partial charge in [0.25, 0.3) is 5.91 Å². The normalized spacial score (nSPS) is 11.5. The van der Waals surface area contributed by atoms with Gasteiger partial charge in [0.05, 0.1) is 18.5 Å². The second-order valence-electron chi connectivity index (χ2n) is 9.78. The number of amides is 1. The quantitative estimate of drug-likeness (QED) is 0.231. The third-order valence-corrected chi connectivity index (χ3v) is 5.82. The number of hydrogen-bond donors (Lipinski definition) is 1. The van der Waals surface area contributed by atoms with E-state index in [0.717, 1.165) is 17.0 Å². The Labute approximate surface area is 221 Å². The van der Waals surface area contributed by atoms with Gasteiger partial charge < -0.3 is 19.2 Å². The number of para-hydroxylation sites is 1. The smallest absolute Gasteiger partial charge is 0.331 e. The first-order valence-electron chi connectivity index (χ1n) is 12.2. The molecular weight excluding hydrogens is 482 g/mol. The molecule has 38 heavy (non-hydrogen) atoms. The van der Waals surface area contributed by atoms with Crippen molar-refractivity contribution in [2.45, 2.75) is 33.1 Å². The molecule has 8 heteroatoms. The third-order valence-electron chi connectivity index (χ3n) is 5.82. The molecule has 1 amide bonds. The van der Waals surface area contributed by atoms with Crippen LogP contribution in [0.1, 0.15) is 37.7 Å². The van der Waals surface area contributed by atoms with Gasteiger partial charge in [-0.25, -0.2) is 9.48 Å². The number of nitrogens with zero attached hydrogens (tertiary/aromatic N) is 2. The summed E-state index contributed by atoms with van der Waals surface area (Å²) in [5.41, 5.74) is 3.55. The van der Waals surface area contributed by atoms with Crippen LogP contribution in [0.3, 0.4) is 0 Å². The number of aryl methyl sites for hydroxylation is 1. The molecule has 0 radical (unpaired) electrons. The Balaban J connectivity index is 1.45. The van der Waals surface area contributed by atoms with Crippen LogP contribution >= 0.6 is 0 Å². The summed E-state index contributed by atoms with van der Waals surface area (Å²) in [5.74, 6) is 0.716. The van der Waals surface area contributed by atoms with Crippen molar-refractivity contribution in [3.05, 3.63) is 89.8 Å². The summed E-state index contributed by atoms with van der Waals surface area (Å²) in [4.78, 5) is 25.0. The fraction of sp³-hybridized carbons (Fsp3) is 0.233. The SMILES string of the molecule is COc1ccc(C(C)(C)C)cc1NC(=O)COC(=O)C=Cc1cn(-c2ccccc2)nc1-c1ccc(C)o1. The van der Waals surface area contributed by atoms with Crippen LogP contribution in [0.15, 0.2) is 77.4 Å². The van der Waals surface area contributed by atoms with Crippen LogP contribution in [-0.2, 0) is 19.7 Å². The van der Waals surface area contributed by atoms with Gasteiger partial charge in [-0.15, -0.1) is 0 Å². The molecular formula is C30H31N3O5. The van der Waals surface area contributed by atoms with Gasteiger partial charge in [-0.2, -0.15) is 5.10 Å². The fourth-order valence-electron chi connectivity index (χ4n) is 3.78. The standard InChI is InChI=1S/C30H31N3O5/c1-20-11-14-26(38-20)29-21(18-33(32-29)23-9-7-6-8-10-23)12-16-28(35)37-19-27(34)31-24-17-22(30(2,3)4)13-15-25(24)36-5/h6-18H,19H2,1-5H3,(H,31,34). The van der Waals surface area contributed by atoms with Crippen molar-refractivity contribution in [1.82, 2.24) is 9.78 Å². The lowest BCUT2D eigenvalue weighted by molar-refractivity contribution is -0.142. The van der Waals surface area contributed by atoms with Gasteiger partial charge in [0.15, 0.2) is 12.4 Å². The number of rotatable bonds is 8. The number of carbonyl (C=O) groups is 2. The van der Waals surface area contributed by atoms with E-state index in [4.69, 9.17) is 13.9 Å². The predicted molar refractivity (Wildman–Crippen MR) is 146 cm³/mol. The van der Waals surface area contributed by atoms with Crippen molar-refractivity contribution in [2.24, 2.45) is 0 Å². The molecule has 0 atom stereocenters. The topological polar surface area (TPSA) is 95.6 Å². The summed E-state index contributed by atoms with van der Waals surface area (Å²) < 4.78 is 18.0. The molecule has 0 bridgehead atoms. The Bertz CT molecular complexity index is 1460. The van der Waals surface area contributed by atoms with E-state index in [9.17, 15) is 9.59 Å². The first kappa shape index (κ1) is 26.5. The lowest BCUT2D eigenvalue weighted by Crippen LogP contribution is -2.21. The molecule has 0 aliphatic heterocycles. The molecule has 0 spiro atoms. The van der Waals surface area contributed by atoms with Crippen molar-refractivity contribution < 1.29 is 23.5 Å². The molecule has 0 aliphatic rings. The first-order chi connectivity index (χ1) is 18.1.